The van der Waals surface area contributed by atoms with Crippen LogP contribution < -0.4 is 30.7 Å². The van der Waals surface area contributed by atoms with Crippen molar-refractivity contribution in [2.75, 3.05) is 38.2 Å². The number of nitrogens with zero attached hydrogens (tertiary/aromatic N) is 3. The number of carbonyl (C=O) groups excluding carboxylic acids is 7. The lowest BCUT2D eigenvalue weighted by Crippen LogP contribution is -2.63. The van der Waals surface area contributed by atoms with E-state index in [9.17, 15) is 33.6 Å². The summed E-state index contributed by atoms with van der Waals surface area (Å²) in [5.41, 5.74) is 2.06. The number of rotatable bonds is 6. The van der Waals surface area contributed by atoms with Crippen molar-refractivity contribution in [3.63, 3.8) is 0 Å². The molecule has 2 aromatic carbocycles. The van der Waals surface area contributed by atoms with E-state index in [1.54, 1.807) is 25.1 Å². The second-order valence-electron chi connectivity index (χ2n) is 16.6. The number of fused-ring (bicyclic) bond motifs is 4. The highest BCUT2D eigenvalue weighted by atomic mass is 16.6. The van der Waals surface area contributed by atoms with Crippen LogP contribution in [-0.4, -0.2) is 131 Å². The summed E-state index contributed by atoms with van der Waals surface area (Å²) in [5.74, 6) is -2.56. The van der Waals surface area contributed by atoms with Gasteiger partial charge in [-0.3, -0.25) is 24.0 Å². The van der Waals surface area contributed by atoms with E-state index >= 15 is 0 Å². The van der Waals surface area contributed by atoms with E-state index in [4.69, 9.17) is 14.2 Å². The standard InChI is InChI=1S/C43H55N7O10/c1-24-9-7-10-28(19-24)21-30(46-43(57)45-29-13-14-34-35(22-29)59-18-17-58-34)37(51)47-36-27(4)60-42(56)33-20-25(2)23-50(33)39(53)26(3)44-38(52)31-11-5-6-15-48(31)40(54)32-12-8-16-49(32)41(36)55/h7,9-10,13-14,19,22,25-27,30-33,36H,5-6,8,11-12,15-18,20-21,23H2,1-4H3,(H,44,52)(H,47,51)(H2,45,46,57)/t25-,26+,27+,30+,31+,32+,33+,36+/m1/s1. The lowest BCUT2D eigenvalue weighted by atomic mass is 9.99. The zero-order valence-corrected chi connectivity index (χ0v) is 34.6. The number of ether oxygens (including phenoxy) is 3. The first kappa shape index (κ1) is 42.3. The Morgan fingerprint density at radius 2 is 1.55 bits per heavy atom. The number of carbonyl (C=O) groups is 7. The third-order valence-corrected chi connectivity index (χ3v) is 12.0. The maximum absolute atomic E-state index is 14.8. The van der Waals surface area contributed by atoms with Crippen LogP contribution in [0.25, 0.3) is 0 Å². The first-order chi connectivity index (χ1) is 28.8. The summed E-state index contributed by atoms with van der Waals surface area (Å²) >= 11 is 0. The summed E-state index contributed by atoms with van der Waals surface area (Å²) in [7, 11) is 0. The molecule has 7 amide bonds. The molecule has 8 atom stereocenters. The monoisotopic (exact) mass is 829 g/mol. The molecule has 4 saturated heterocycles. The number of esters is 1. The lowest BCUT2D eigenvalue weighted by Gasteiger charge is -2.39. The number of benzene rings is 2. The molecule has 17 heteroatoms. The fourth-order valence-electron chi connectivity index (χ4n) is 8.95. The molecule has 0 unspecified atom stereocenters. The van der Waals surface area contributed by atoms with Crippen molar-refractivity contribution < 1.29 is 47.8 Å². The van der Waals surface area contributed by atoms with E-state index in [0.29, 0.717) is 75.5 Å². The molecular formula is C43H55N7O10. The van der Waals surface area contributed by atoms with Crippen LogP contribution in [0.3, 0.4) is 0 Å². The Morgan fingerprint density at radius 3 is 2.33 bits per heavy atom. The highest BCUT2D eigenvalue weighted by Gasteiger charge is 2.47. The Balaban J connectivity index is 1.19. The van der Waals surface area contributed by atoms with Crippen molar-refractivity contribution in [2.45, 2.75) is 115 Å². The zero-order chi connectivity index (χ0) is 42.7. The third-order valence-electron chi connectivity index (χ3n) is 12.0. The molecule has 4 fully saturated rings. The Labute approximate surface area is 349 Å². The summed E-state index contributed by atoms with van der Waals surface area (Å²) in [6, 6.07) is 5.17. The highest BCUT2D eigenvalue weighted by molar-refractivity contribution is 5.99. The lowest BCUT2D eigenvalue weighted by molar-refractivity contribution is -0.163. The summed E-state index contributed by atoms with van der Waals surface area (Å²) in [6.45, 7) is 8.35. The molecule has 0 aliphatic carbocycles. The smallest absolute Gasteiger partial charge is 0.329 e. The second-order valence-corrected chi connectivity index (χ2v) is 16.6. The van der Waals surface area contributed by atoms with Crippen LogP contribution in [0, 0.1) is 12.8 Å². The van der Waals surface area contributed by atoms with Gasteiger partial charge in [-0.05, 0) is 82.9 Å². The van der Waals surface area contributed by atoms with Crippen LogP contribution in [-0.2, 0) is 39.9 Å². The van der Waals surface area contributed by atoms with Gasteiger partial charge in [0.25, 0.3) is 0 Å². The van der Waals surface area contributed by atoms with Crippen molar-refractivity contribution in [1.82, 2.24) is 30.7 Å². The Bertz CT molecular complexity index is 2010. The Kier molecular flexibility index (Phi) is 12.8. The van der Waals surface area contributed by atoms with Crippen LogP contribution in [0.2, 0.25) is 0 Å². The third kappa shape index (κ3) is 9.29. The largest absolute Gasteiger partial charge is 0.486 e. The minimum atomic E-state index is -1.49. The molecular weight excluding hydrogens is 775 g/mol. The van der Waals surface area contributed by atoms with Gasteiger partial charge < -0.3 is 50.2 Å². The Morgan fingerprint density at radius 1 is 0.817 bits per heavy atom. The fourth-order valence-corrected chi connectivity index (χ4v) is 8.95. The van der Waals surface area contributed by atoms with E-state index < -0.39 is 83.9 Å². The van der Waals surface area contributed by atoms with E-state index in [-0.39, 0.29) is 25.4 Å². The van der Waals surface area contributed by atoms with Gasteiger partial charge in [0, 0.05) is 37.8 Å². The number of hydrogen-bond donors (Lipinski definition) is 4. The van der Waals surface area contributed by atoms with Gasteiger partial charge >= 0.3 is 12.0 Å². The van der Waals surface area contributed by atoms with Crippen LogP contribution in [0.1, 0.15) is 70.4 Å². The second kappa shape index (κ2) is 18.2. The van der Waals surface area contributed by atoms with Crippen LogP contribution in [0.5, 0.6) is 11.5 Å². The average molecular weight is 830 g/mol. The molecule has 0 bridgehead atoms. The first-order valence-corrected chi connectivity index (χ1v) is 21.0. The molecule has 4 N–H and O–H groups in total. The van der Waals surface area contributed by atoms with Gasteiger partial charge in [0.15, 0.2) is 11.5 Å². The summed E-state index contributed by atoms with van der Waals surface area (Å²) in [6.07, 6.45) is 1.64. The molecule has 0 saturated carbocycles. The molecule has 5 heterocycles. The van der Waals surface area contributed by atoms with Crippen molar-refractivity contribution in [3.8, 4) is 11.5 Å². The molecule has 0 spiro atoms. The summed E-state index contributed by atoms with van der Waals surface area (Å²) in [4.78, 5) is 103. The zero-order valence-electron chi connectivity index (χ0n) is 34.6. The summed E-state index contributed by atoms with van der Waals surface area (Å²) < 4.78 is 17.2. The Hall–Kier alpha value is -5.87. The molecule has 60 heavy (non-hydrogen) atoms. The molecule has 2 aromatic rings. The number of nitrogens with one attached hydrogen (secondary N) is 4. The van der Waals surface area contributed by atoms with Crippen molar-refractivity contribution in [1.29, 1.82) is 0 Å². The number of urea groups is 1. The van der Waals surface area contributed by atoms with E-state index in [1.165, 1.54) is 21.6 Å². The van der Waals surface area contributed by atoms with Crippen molar-refractivity contribution >= 4 is 47.2 Å². The number of hydrogen-bond acceptors (Lipinski definition) is 10. The number of cyclic esters (lactones) is 1. The van der Waals surface area contributed by atoms with Gasteiger partial charge in [0.2, 0.25) is 29.5 Å². The summed E-state index contributed by atoms with van der Waals surface area (Å²) in [5, 5.41) is 11.1. The molecule has 322 valence electrons. The fraction of sp³-hybridized carbons (Fsp3) is 0.558. The van der Waals surface area contributed by atoms with Gasteiger partial charge in [-0.25, -0.2) is 9.59 Å². The predicted octanol–water partition coefficient (Wildman–Crippen LogP) is 2.04. The van der Waals surface area contributed by atoms with Gasteiger partial charge in [-0.2, -0.15) is 0 Å². The quantitative estimate of drug-likeness (QED) is 0.312. The molecule has 5 aliphatic rings. The first-order valence-electron chi connectivity index (χ1n) is 21.0. The normalized spacial score (nSPS) is 27.8. The number of aryl methyl sites for hydroxylation is 1. The maximum atomic E-state index is 14.8. The number of piperidine rings is 1. The van der Waals surface area contributed by atoms with Crippen LogP contribution >= 0.6 is 0 Å². The van der Waals surface area contributed by atoms with E-state index in [1.807, 2.05) is 38.1 Å². The minimum absolute atomic E-state index is 0.0373. The molecule has 5 aliphatic heterocycles. The predicted molar refractivity (Wildman–Crippen MR) is 217 cm³/mol. The van der Waals surface area contributed by atoms with E-state index in [2.05, 4.69) is 21.3 Å². The van der Waals surface area contributed by atoms with Gasteiger partial charge in [0.05, 0.1) is 0 Å². The molecule has 17 nitrogen and oxygen atoms in total. The number of amides is 7. The van der Waals surface area contributed by atoms with Crippen LogP contribution in [0.15, 0.2) is 42.5 Å². The van der Waals surface area contributed by atoms with Crippen molar-refractivity contribution in [3.05, 3.63) is 53.6 Å². The molecule has 0 aromatic heterocycles. The highest BCUT2D eigenvalue weighted by Crippen LogP contribution is 2.33. The molecule has 0 radical (unpaired) electrons. The topological polar surface area (TPSA) is 205 Å². The SMILES string of the molecule is Cc1cccc(C[C@H](NC(=O)Nc2ccc3c(c2)OCCO3)C(=O)N[C@@H]2C(=O)N3CCC[C@H]3C(=O)N3CCCC[C@H]3C(=O)N[C@@H](C)C(=O)N3C[C@H](C)C[C@H]3C(=O)O[C@H]2C)c1. The van der Waals surface area contributed by atoms with Gasteiger partial charge in [0.1, 0.15) is 55.6 Å². The maximum Gasteiger partial charge on any atom is 0.329 e. The van der Waals surface area contributed by atoms with Crippen molar-refractivity contribution in [2.24, 2.45) is 5.92 Å². The van der Waals surface area contributed by atoms with E-state index in [0.717, 1.165) is 11.1 Å². The van der Waals surface area contributed by atoms with Gasteiger partial charge in [-0.1, -0.05) is 36.8 Å². The molecule has 7 rings (SSSR count). The minimum Gasteiger partial charge on any atom is -0.486 e. The average Bonchev–Trinajstić information content (AvgIpc) is 3.88. The van der Waals surface area contributed by atoms with Crippen LogP contribution in [0.4, 0.5) is 10.5 Å². The van der Waals surface area contributed by atoms with Gasteiger partial charge in [-0.15, -0.1) is 0 Å². The number of anilines is 1.